The summed E-state index contributed by atoms with van der Waals surface area (Å²) in [5.74, 6) is -0.584. The zero-order valence-corrected chi connectivity index (χ0v) is 16.9. The van der Waals surface area contributed by atoms with Crippen molar-refractivity contribution < 1.29 is 9.18 Å². The van der Waals surface area contributed by atoms with Crippen molar-refractivity contribution in [2.24, 2.45) is 0 Å². The fourth-order valence-electron chi connectivity index (χ4n) is 3.09. The highest BCUT2D eigenvalue weighted by Crippen LogP contribution is 2.23. The van der Waals surface area contributed by atoms with E-state index in [-0.39, 0.29) is 11.7 Å². The van der Waals surface area contributed by atoms with Crippen molar-refractivity contribution in [1.82, 2.24) is 4.98 Å². The number of hydrogen-bond acceptors (Lipinski definition) is 4. The van der Waals surface area contributed by atoms with Gasteiger partial charge in [0.05, 0.1) is 0 Å². The van der Waals surface area contributed by atoms with Gasteiger partial charge in [0, 0.05) is 42.0 Å². The molecule has 2 aromatic carbocycles. The van der Waals surface area contributed by atoms with Gasteiger partial charge in [-0.3, -0.25) is 9.78 Å². The van der Waals surface area contributed by atoms with E-state index in [9.17, 15) is 9.18 Å². The lowest BCUT2D eigenvalue weighted by atomic mass is 10.1. The fraction of sp³-hybridized carbons (Fsp3) is 0.217. The summed E-state index contributed by atoms with van der Waals surface area (Å²) in [6, 6.07) is 15.4. The third kappa shape index (κ3) is 5.10. The average molecular weight is 392 g/mol. The van der Waals surface area contributed by atoms with Crippen molar-refractivity contribution in [3.63, 3.8) is 0 Å². The number of aryl methyl sites for hydroxylation is 1. The Morgan fingerprint density at radius 2 is 1.72 bits per heavy atom. The summed E-state index contributed by atoms with van der Waals surface area (Å²) in [4.78, 5) is 19.1. The summed E-state index contributed by atoms with van der Waals surface area (Å²) in [5.41, 5.74) is 4.60. The predicted octanol–water partition coefficient (Wildman–Crippen LogP) is 5.37. The Morgan fingerprint density at radius 1 is 1.00 bits per heavy atom. The van der Waals surface area contributed by atoms with Crippen LogP contribution in [0.2, 0.25) is 0 Å². The van der Waals surface area contributed by atoms with Crippen molar-refractivity contribution in [3.8, 4) is 0 Å². The van der Waals surface area contributed by atoms with E-state index in [1.54, 1.807) is 30.5 Å². The topological polar surface area (TPSA) is 57.3 Å². The van der Waals surface area contributed by atoms with Gasteiger partial charge in [0.1, 0.15) is 11.5 Å². The van der Waals surface area contributed by atoms with Crippen molar-refractivity contribution in [2.75, 3.05) is 28.6 Å². The Bertz CT molecular complexity index is 984. The monoisotopic (exact) mass is 392 g/mol. The number of rotatable bonds is 7. The number of benzene rings is 2. The molecule has 0 unspecified atom stereocenters. The number of aromatic nitrogens is 1. The van der Waals surface area contributed by atoms with Crippen LogP contribution >= 0.6 is 0 Å². The van der Waals surface area contributed by atoms with Crippen LogP contribution in [0.3, 0.4) is 0 Å². The number of nitrogens with zero attached hydrogens (tertiary/aromatic N) is 2. The maximum absolute atomic E-state index is 13.1. The molecular formula is C23H25FN4O. The molecule has 2 N–H and O–H groups in total. The first-order chi connectivity index (χ1) is 14.0. The molecule has 3 aromatic rings. The van der Waals surface area contributed by atoms with Crippen LogP contribution in [0.5, 0.6) is 0 Å². The molecule has 0 atom stereocenters. The number of nitrogens with one attached hydrogen (secondary N) is 2. The van der Waals surface area contributed by atoms with Gasteiger partial charge in [-0.2, -0.15) is 0 Å². The van der Waals surface area contributed by atoms with Gasteiger partial charge in [0.2, 0.25) is 0 Å². The van der Waals surface area contributed by atoms with Gasteiger partial charge in [-0.05, 0) is 80.9 Å². The Hall–Kier alpha value is -3.41. The molecule has 5 nitrogen and oxygen atoms in total. The van der Waals surface area contributed by atoms with Crippen molar-refractivity contribution in [2.45, 2.75) is 20.8 Å². The quantitative estimate of drug-likeness (QED) is 0.567. The largest absolute Gasteiger partial charge is 0.372 e. The number of anilines is 4. The summed E-state index contributed by atoms with van der Waals surface area (Å²) in [7, 11) is 0. The first-order valence-electron chi connectivity index (χ1n) is 9.65. The number of amides is 1. The van der Waals surface area contributed by atoms with E-state index in [2.05, 4.69) is 40.4 Å². The number of carbonyl (C=O) groups excluding carboxylic acids is 1. The van der Waals surface area contributed by atoms with Gasteiger partial charge in [-0.1, -0.05) is 0 Å². The number of halogens is 1. The predicted molar refractivity (Wildman–Crippen MR) is 117 cm³/mol. The molecule has 3 rings (SSSR count). The summed E-state index contributed by atoms with van der Waals surface area (Å²) >= 11 is 0. The second kappa shape index (κ2) is 9.19. The van der Waals surface area contributed by atoms with Crippen LogP contribution in [0.1, 0.15) is 29.9 Å². The smallest absolute Gasteiger partial charge is 0.274 e. The molecule has 0 aliphatic rings. The maximum atomic E-state index is 13.1. The summed E-state index contributed by atoms with van der Waals surface area (Å²) < 4.78 is 13.1. The van der Waals surface area contributed by atoms with Gasteiger partial charge >= 0.3 is 0 Å². The van der Waals surface area contributed by atoms with E-state index in [1.165, 1.54) is 12.1 Å². The Morgan fingerprint density at radius 3 is 2.38 bits per heavy atom. The summed E-state index contributed by atoms with van der Waals surface area (Å²) in [6.07, 6.45) is 1.57. The lowest BCUT2D eigenvalue weighted by molar-refractivity contribution is 0.102. The lowest BCUT2D eigenvalue weighted by Crippen LogP contribution is -2.22. The summed E-state index contributed by atoms with van der Waals surface area (Å²) in [5, 5.41) is 6.07. The van der Waals surface area contributed by atoms with Crippen LogP contribution in [0.4, 0.5) is 27.1 Å². The van der Waals surface area contributed by atoms with Crippen molar-refractivity contribution in [3.05, 3.63) is 77.9 Å². The Kier molecular flexibility index (Phi) is 6.44. The molecule has 29 heavy (non-hydrogen) atoms. The van der Waals surface area contributed by atoms with Crippen LogP contribution in [-0.4, -0.2) is 24.0 Å². The fourth-order valence-corrected chi connectivity index (χ4v) is 3.09. The molecule has 0 saturated carbocycles. The first kappa shape index (κ1) is 20.3. The molecular weight excluding hydrogens is 367 g/mol. The first-order valence-corrected chi connectivity index (χ1v) is 9.65. The number of pyridine rings is 1. The van der Waals surface area contributed by atoms with E-state index in [0.717, 1.165) is 35.7 Å². The van der Waals surface area contributed by atoms with E-state index >= 15 is 0 Å². The molecule has 0 saturated heterocycles. The molecule has 1 amide bonds. The molecule has 0 spiro atoms. The molecule has 150 valence electrons. The van der Waals surface area contributed by atoms with E-state index in [1.807, 2.05) is 19.1 Å². The number of carbonyl (C=O) groups is 1. The highest BCUT2D eigenvalue weighted by Gasteiger charge is 2.11. The minimum Gasteiger partial charge on any atom is -0.372 e. The second-order valence-corrected chi connectivity index (χ2v) is 6.69. The van der Waals surface area contributed by atoms with Crippen LogP contribution < -0.4 is 15.5 Å². The Balaban J connectivity index is 1.73. The Labute approximate surface area is 170 Å². The molecule has 6 heteroatoms. The van der Waals surface area contributed by atoms with Gasteiger partial charge in [0.25, 0.3) is 5.91 Å². The molecule has 0 aliphatic carbocycles. The molecule has 0 radical (unpaired) electrons. The van der Waals surface area contributed by atoms with Gasteiger partial charge in [0.15, 0.2) is 0 Å². The van der Waals surface area contributed by atoms with Crippen LogP contribution in [0.15, 0.2) is 60.8 Å². The van der Waals surface area contributed by atoms with E-state index < -0.39 is 0 Å². The third-order valence-electron chi connectivity index (χ3n) is 4.71. The minimum atomic E-state index is -0.298. The van der Waals surface area contributed by atoms with Gasteiger partial charge < -0.3 is 15.5 Å². The molecule has 1 aromatic heterocycles. The van der Waals surface area contributed by atoms with Crippen LogP contribution in [0, 0.1) is 12.7 Å². The van der Waals surface area contributed by atoms with Crippen molar-refractivity contribution >= 4 is 28.7 Å². The second-order valence-electron chi connectivity index (χ2n) is 6.69. The van der Waals surface area contributed by atoms with Crippen molar-refractivity contribution in [1.29, 1.82) is 0 Å². The molecule has 0 aliphatic heterocycles. The normalized spacial score (nSPS) is 10.5. The third-order valence-corrected chi connectivity index (χ3v) is 4.71. The number of hydrogen-bond donors (Lipinski definition) is 2. The zero-order valence-electron chi connectivity index (χ0n) is 16.9. The lowest BCUT2D eigenvalue weighted by Gasteiger charge is -2.22. The maximum Gasteiger partial charge on any atom is 0.274 e. The standard InChI is InChI=1S/C23H25FN4O/c1-4-28(5-2)20-10-11-21(16(3)14-20)27-23(29)22-15-19(12-13-25-22)26-18-8-6-17(24)7-9-18/h6-15H,4-5H2,1-3H3,(H,25,26)(H,27,29). The minimum absolute atomic E-state index is 0.286. The van der Waals surface area contributed by atoms with E-state index in [4.69, 9.17) is 0 Å². The molecule has 0 bridgehead atoms. The zero-order chi connectivity index (χ0) is 20.8. The van der Waals surface area contributed by atoms with Crippen LogP contribution in [0.25, 0.3) is 0 Å². The van der Waals surface area contributed by atoms with Crippen LogP contribution in [-0.2, 0) is 0 Å². The highest BCUT2D eigenvalue weighted by molar-refractivity contribution is 6.03. The highest BCUT2D eigenvalue weighted by atomic mass is 19.1. The van der Waals surface area contributed by atoms with Gasteiger partial charge in [-0.25, -0.2) is 4.39 Å². The molecule has 0 fully saturated rings. The SMILES string of the molecule is CCN(CC)c1ccc(NC(=O)c2cc(Nc3ccc(F)cc3)ccn2)c(C)c1. The summed E-state index contributed by atoms with van der Waals surface area (Å²) in [6.45, 7) is 8.07. The van der Waals surface area contributed by atoms with Gasteiger partial charge in [-0.15, -0.1) is 0 Å². The average Bonchev–Trinajstić information content (AvgIpc) is 2.73. The molecule has 1 heterocycles. The van der Waals surface area contributed by atoms with E-state index in [0.29, 0.717) is 11.4 Å².